The van der Waals surface area contributed by atoms with Crippen LogP contribution in [-0.4, -0.2) is 50.5 Å². The summed E-state index contributed by atoms with van der Waals surface area (Å²) in [4.78, 5) is 23.4. The highest BCUT2D eigenvalue weighted by Crippen LogP contribution is 2.41. The van der Waals surface area contributed by atoms with Crippen molar-refractivity contribution in [1.82, 2.24) is 5.32 Å². The quantitative estimate of drug-likeness (QED) is 0.683. The molecule has 1 aliphatic rings. The maximum absolute atomic E-state index is 12.4. The molecule has 1 rings (SSSR count). The Hall–Kier alpha value is -1.14. The minimum Gasteiger partial charge on any atom is -0.480 e. The molecule has 1 aliphatic carbocycles. The van der Waals surface area contributed by atoms with Crippen LogP contribution in [0.25, 0.3) is 0 Å². The molecule has 19 heavy (non-hydrogen) atoms. The summed E-state index contributed by atoms with van der Waals surface area (Å²) in [6, 6.07) is -0.988. The number of carbonyl (C=O) groups excluding carboxylic acids is 1. The number of rotatable bonds is 8. The van der Waals surface area contributed by atoms with Gasteiger partial charge in [-0.3, -0.25) is 4.79 Å². The number of aliphatic carboxylic acids is 1. The lowest BCUT2D eigenvalue weighted by Gasteiger charge is -2.29. The van der Waals surface area contributed by atoms with Gasteiger partial charge in [-0.25, -0.2) is 4.79 Å². The molecule has 2 N–H and O–H groups in total. The molecule has 0 aliphatic heterocycles. The molecule has 1 amide bonds. The molecular weight excluding hydrogens is 250 g/mol. The van der Waals surface area contributed by atoms with E-state index in [0.29, 0.717) is 13.0 Å². The van der Waals surface area contributed by atoms with Crippen LogP contribution in [0.1, 0.15) is 32.1 Å². The van der Waals surface area contributed by atoms with E-state index < -0.39 is 17.4 Å². The third-order valence-electron chi connectivity index (χ3n) is 3.76. The van der Waals surface area contributed by atoms with Crippen molar-refractivity contribution in [2.24, 2.45) is 5.41 Å². The van der Waals surface area contributed by atoms with Gasteiger partial charge in [-0.15, -0.1) is 0 Å². The molecule has 0 aromatic heterocycles. The Kier molecular flexibility index (Phi) is 6.24. The summed E-state index contributed by atoms with van der Waals surface area (Å²) >= 11 is 0. The standard InChI is InChI=1S/C13H23NO5/c1-18-8-7-13(5-3-4-6-13)12(17)14-10(9-19-2)11(15)16/h10H,3-9H2,1-2H3,(H,14,17)(H,15,16). The van der Waals surface area contributed by atoms with Crippen LogP contribution in [0.15, 0.2) is 0 Å². The first-order valence-electron chi connectivity index (χ1n) is 6.57. The second-order valence-electron chi connectivity index (χ2n) is 5.05. The van der Waals surface area contributed by atoms with E-state index in [4.69, 9.17) is 14.6 Å². The molecule has 1 saturated carbocycles. The van der Waals surface area contributed by atoms with Gasteiger partial charge in [-0.1, -0.05) is 12.8 Å². The van der Waals surface area contributed by atoms with Crippen LogP contribution in [-0.2, 0) is 19.1 Å². The van der Waals surface area contributed by atoms with Gasteiger partial charge in [0.1, 0.15) is 0 Å². The van der Waals surface area contributed by atoms with E-state index in [0.717, 1.165) is 25.7 Å². The third kappa shape index (κ3) is 4.18. The molecule has 6 heteroatoms. The lowest BCUT2D eigenvalue weighted by molar-refractivity contribution is -0.145. The first-order valence-corrected chi connectivity index (χ1v) is 6.57. The summed E-state index contributed by atoms with van der Waals surface area (Å²) in [5, 5.41) is 11.6. The van der Waals surface area contributed by atoms with E-state index >= 15 is 0 Å². The average molecular weight is 273 g/mol. The van der Waals surface area contributed by atoms with Crippen LogP contribution < -0.4 is 5.32 Å². The van der Waals surface area contributed by atoms with Gasteiger partial charge in [0.2, 0.25) is 5.91 Å². The molecule has 0 saturated heterocycles. The molecule has 1 unspecified atom stereocenters. The molecule has 0 aromatic carbocycles. The molecule has 0 radical (unpaired) electrons. The zero-order valence-corrected chi connectivity index (χ0v) is 11.6. The monoisotopic (exact) mass is 273 g/mol. The van der Waals surface area contributed by atoms with Gasteiger partial charge < -0.3 is 19.9 Å². The molecule has 0 aromatic rings. The topological polar surface area (TPSA) is 84.9 Å². The summed E-state index contributed by atoms with van der Waals surface area (Å²) in [6.45, 7) is 0.483. The van der Waals surface area contributed by atoms with E-state index in [1.807, 2.05) is 0 Å². The number of nitrogens with one attached hydrogen (secondary N) is 1. The van der Waals surface area contributed by atoms with Crippen molar-refractivity contribution < 1.29 is 24.2 Å². The van der Waals surface area contributed by atoms with Crippen LogP contribution in [0.2, 0.25) is 0 Å². The van der Waals surface area contributed by atoms with Gasteiger partial charge in [0.15, 0.2) is 6.04 Å². The fourth-order valence-corrected chi connectivity index (χ4v) is 2.59. The van der Waals surface area contributed by atoms with Crippen LogP contribution in [0.5, 0.6) is 0 Å². The Bertz CT molecular complexity index is 312. The summed E-state index contributed by atoms with van der Waals surface area (Å²) in [7, 11) is 3.02. The van der Waals surface area contributed by atoms with Gasteiger partial charge in [0, 0.05) is 20.8 Å². The van der Waals surface area contributed by atoms with Crippen molar-refractivity contribution in [1.29, 1.82) is 0 Å². The highest BCUT2D eigenvalue weighted by Gasteiger charge is 2.41. The second kappa shape index (κ2) is 7.45. The average Bonchev–Trinajstić information content (AvgIpc) is 2.85. The molecule has 1 atom stereocenters. The van der Waals surface area contributed by atoms with E-state index in [2.05, 4.69) is 5.32 Å². The maximum Gasteiger partial charge on any atom is 0.328 e. The van der Waals surface area contributed by atoms with E-state index in [1.165, 1.54) is 7.11 Å². The Morgan fingerprint density at radius 1 is 1.26 bits per heavy atom. The normalized spacial score (nSPS) is 19.1. The van der Waals surface area contributed by atoms with Crippen molar-refractivity contribution >= 4 is 11.9 Å². The number of methoxy groups -OCH3 is 2. The summed E-state index contributed by atoms with van der Waals surface area (Å²) in [6.07, 6.45) is 4.22. The molecule has 0 spiro atoms. The van der Waals surface area contributed by atoms with Crippen molar-refractivity contribution in [2.75, 3.05) is 27.4 Å². The predicted octanol–water partition coefficient (Wildman–Crippen LogP) is 0.799. The minimum absolute atomic E-state index is 0.0264. The fourth-order valence-electron chi connectivity index (χ4n) is 2.59. The van der Waals surface area contributed by atoms with E-state index in [1.54, 1.807) is 7.11 Å². The molecule has 1 fully saturated rings. The van der Waals surface area contributed by atoms with Crippen LogP contribution in [0.3, 0.4) is 0 Å². The van der Waals surface area contributed by atoms with Gasteiger partial charge in [0.05, 0.1) is 12.0 Å². The molecular formula is C13H23NO5. The summed E-state index contributed by atoms with van der Waals surface area (Å²) in [5.74, 6) is -1.26. The lowest BCUT2D eigenvalue weighted by atomic mass is 9.81. The van der Waals surface area contributed by atoms with Crippen molar-refractivity contribution in [3.63, 3.8) is 0 Å². The van der Waals surface area contributed by atoms with E-state index in [9.17, 15) is 9.59 Å². The van der Waals surface area contributed by atoms with Gasteiger partial charge in [-0.2, -0.15) is 0 Å². The van der Waals surface area contributed by atoms with Gasteiger partial charge >= 0.3 is 5.97 Å². The number of hydrogen-bond donors (Lipinski definition) is 2. The van der Waals surface area contributed by atoms with Crippen molar-refractivity contribution in [3.8, 4) is 0 Å². The first kappa shape index (κ1) is 15.9. The van der Waals surface area contributed by atoms with E-state index in [-0.39, 0.29) is 12.5 Å². The van der Waals surface area contributed by atoms with Crippen molar-refractivity contribution in [3.05, 3.63) is 0 Å². The number of carbonyl (C=O) groups is 2. The first-order chi connectivity index (χ1) is 9.05. The number of amides is 1. The zero-order valence-electron chi connectivity index (χ0n) is 11.6. The molecule has 110 valence electrons. The van der Waals surface area contributed by atoms with Crippen LogP contribution >= 0.6 is 0 Å². The molecule has 0 bridgehead atoms. The predicted molar refractivity (Wildman–Crippen MR) is 68.8 cm³/mol. The largest absolute Gasteiger partial charge is 0.480 e. The highest BCUT2D eigenvalue weighted by atomic mass is 16.5. The second-order valence-corrected chi connectivity index (χ2v) is 5.05. The SMILES string of the molecule is COCCC1(C(=O)NC(COC)C(=O)O)CCCC1. The van der Waals surface area contributed by atoms with Crippen molar-refractivity contribution in [2.45, 2.75) is 38.1 Å². The lowest BCUT2D eigenvalue weighted by Crippen LogP contribution is -2.50. The molecule has 6 nitrogen and oxygen atoms in total. The van der Waals surface area contributed by atoms with Crippen LogP contribution in [0.4, 0.5) is 0 Å². The smallest absolute Gasteiger partial charge is 0.328 e. The number of ether oxygens (including phenoxy) is 2. The number of carboxylic acid groups (broad SMARTS) is 1. The Labute approximate surface area is 113 Å². The Balaban J connectivity index is 2.68. The minimum atomic E-state index is -1.07. The van der Waals surface area contributed by atoms with Gasteiger partial charge in [-0.05, 0) is 19.3 Å². The number of hydrogen-bond acceptors (Lipinski definition) is 4. The summed E-state index contributed by atoms with van der Waals surface area (Å²) in [5.41, 5.74) is -0.475. The fraction of sp³-hybridized carbons (Fsp3) is 0.846. The molecule has 0 heterocycles. The zero-order chi connectivity index (χ0) is 14.3. The third-order valence-corrected chi connectivity index (χ3v) is 3.76. The summed E-state index contributed by atoms with van der Waals surface area (Å²) < 4.78 is 9.88. The maximum atomic E-state index is 12.4. The van der Waals surface area contributed by atoms with Gasteiger partial charge in [0.25, 0.3) is 0 Å². The highest BCUT2D eigenvalue weighted by molar-refractivity contribution is 5.87. The Morgan fingerprint density at radius 2 is 1.89 bits per heavy atom. The Morgan fingerprint density at radius 3 is 2.37 bits per heavy atom. The number of carboxylic acids is 1. The van der Waals surface area contributed by atoms with Crippen LogP contribution in [0, 0.1) is 5.41 Å².